The largest absolute Gasteiger partial charge is 0.381 e. The Hall–Kier alpha value is -0.940. The topological polar surface area (TPSA) is 29.5 Å². The van der Waals surface area contributed by atoms with Crippen LogP contribution in [0.5, 0.6) is 0 Å². The minimum Gasteiger partial charge on any atom is -0.381 e. The summed E-state index contributed by atoms with van der Waals surface area (Å²) in [6.07, 6.45) is 2.04. The molecule has 3 nitrogen and oxygen atoms in total. The summed E-state index contributed by atoms with van der Waals surface area (Å²) in [5, 5.41) is 0. The third-order valence-electron chi connectivity index (χ3n) is 4.06. The van der Waals surface area contributed by atoms with Crippen molar-refractivity contribution in [2.75, 3.05) is 26.3 Å². The lowest BCUT2D eigenvalue weighted by molar-refractivity contribution is -0.0666. The summed E-state index contributed by atoms with van der Waals surface area (Å²) in [7, 11) is 0. The summed E-state index contributed by atoms with van der Waals surface area (Å²) < 4.78 is 19.2. The van der Waals surface area contributed by atoms with E-state index in [1.54, 1.807) is 17.0 Å². The van der Waals surface area contributed by atoms with Gasteiger partial charge in [-0.25, -0.2) is 4.39 Å². The van der Waals surface area contributed by atoms with E-state index < -0.39 is 5.82 Å². The predicted octanol–water partition coefficient (Wildman–Crippen LogP) is 2.84. The normalized spacial score (nSPS) is 21.3. The number of nitrogens with zero attached hydrogens (tertiary/aromatic N) is 1. The molecule has 0 bridgehead atoms. The molecule has 0 saturated carbocycles. The third-order valence-corrected chi connectivity index (χ3v) is 4.70. The number of benzene rings is 1. The average Bonchev–Trinajstić information content (AvgIpc) is 2.39. The lowest BCUT2D eigenvalue weighted by atomic mass is 9.73. The van der Waals surface area contributed by atoms with Crippen molar-refractivity contribution in [3.05, 3.63) is 34.1 Å². The molecule has 2 heterocycles. The van der Waals surface area contributed by atoms with Crippen LogP contribution in [0, 0.1) is 11.2 Å². The van der Waals surface area contributed by atoms with Gasteiger partial charge in [-0.15, -0.1) is 0 Å². The van der Waals surface area contributed by atoms with Crippen molar-refractivity contribution in [1.29, 1.82) is 0 Å². The SMILES string of the molecule is O=C(c1ccc(Br)c(F)c1)N1CC2(CCOCC2)C1. The number of ether oxygens (including phenoxy) is 1. The second-order valence-corrected chi connectivity index (χ2v) is 6.26. The maximum atomic E-state index is 13.4. The summed E-state index contributed by atoms with van der Waals surface area (Å²) in [4.78, 5) is 14.0. The summed E-state index contributed by atoms with van der Waals surface area (Å²) in [5.74, 6) is -0.476. The van der Waals surface area contributed by atoms with Crippen LogP contribution in [0.25, 0.3) is 0 Å². The molecule has 19 heavy (non-hydrogen) atoms. The molecule has 2 aliphatic heterocycles. The van der Waals surface area contributed by atoms with E-state index in [1.807, 2.05) is 0 Å². The number of carbonyl (C=O) groups excluding carboxylic acids is 1. The van der Waals surface area contributed by atoms with Gasteiger partial charge < -0.3 is 9.64 Å². The number of hydrogen-bond acceptors (Lipinski definition) is 2. The Balaban J connectivity index is 1.67. The minimum absolute atomic E-state index is 0.0801. The van der Waals surface area contributed by atoms with Gasteiger partial charge in [-0.2, -0.15) is 0 Å². The van der Waals surface area contributed by atoms with Crippen molar-refractivity contribution < 1.29 is 13.9 Å². The molecule has 0 N–H and O–H groups in total. The van der Waals surface area contributed by atoms with E-state index in [2.05, 4.69) is 15.9 Å². The monoisotopic (exact) mass is 327 g/mol. The van der Waals surface area contributed by atoms with Crippen LogP contribution in [0.4, 0.5) is 4.39 Å². The fourth-order valence-corrected chi connectivity index (χ4v) is 3.09. The Bertz CT molecular complexity index is 506. The highest BCUT2D eigenvalue weighted by Gasteiger charge is 2.45. The van der Waals surface area contributed by atoms with Crippen LogP contribution in [0.3, 0.4) is 0 Å². The molecule has 102 valence electrons. The Morgan fingerprint density at radius 1 is 1.32 bits per heavy atom. The van der Waals surface area contributed by atoms with E-state index in [0.29, 0.717) is 10.0 Å². The molecule has 5 heteroatoms. The van der Waals surface area contributed by atoms with Crippen molar-refractivity contribution in [3.63, 3.8) is 0 Å². The minimum atomic E-state index is -0.396. The van der Waals surface area contributed by atoms with Crippen LogP contribution in [0.15, 0.2) is 22.7 Å². The van der Waals surface area contributed by atoms with E-state index in [1.165, 1.54) is 6.07 Å². The molecule has 0 unspecified atom stereocenters. The van der Waals surface area contributed by atoms with Crippen LogP contribution >= 0.6 is 15.9 Å². The van der Waals surface area contributed by atoms with Crippen molar-refractivity contribution in [1.82, 2.24) is 4.90 Å². The van der Waals surface area contributed by atoms with E-state index in [0.717, 1.165) is 39.1 Å². The van der Waals surface area contributed by atoms with E-state index in [-0.39, 0.29) is 11.3 Å². The molecule has 1 amide bonds. The van der Waals surface area contributed by atoms with Gasteiger partial charge in [-0.05, 0) is 47.0 Å². The lowest BCUT2D eigenvalue weighted by Crippen LogP contribution is -2.60. The number of halogens is 2. The van der Waals surface area contributed by atoms with Gasteiger partial charge in [0.15, 0.2) is 0 Å². The molecular formula is C14H15BrFNO2. The second-order valence-electron chi connectivity index (χ2n) is 5.40. The van der Waals surface area contributed by atoms with Crippen molar-refractivity contribution in [2.45, 2.75) is 12.8 Å². The Kier molecular flexibility index (Phi) is 3.35. The number of hydrogen-bond donors (Lipinski definition) is 0. The first-order valence-corrected chi connectivity index (χ1v) is 7.21. The third kappa shape index (κ3) is 2.41. The molecule has 0 atom stereocenters. The zero-order chi connectivity index (χ0) is 13.5. The van der Waals surface area contributed by atoms with E-state index in [9.17, 15) is 9.18 Å². The number of carbonyl (C=O) groups is 1. The number of amides is 1. The molecule has 1 spiro atoms. The standard InChI is InChI=1S/C14H15BrFNO2/c15-11-2-1-10(7-12(11)16)13(18)17-8-14(9-17)3-5-19-6-4-14/h1-2,7H,3-6,8-9H2. The zero-order valence-electron chi connectivity index (χ0n) is 10.5. The average molecular weight is 328 g/mol. The first kappa shape index (κ1) is 13.1. The second kappa shape index (κ2) is 4.87. The fourth-order valence-electron chi connectivity index (χ4n) is 2.84. The first-order chi connectivity index (χ1) is 9.10. The van der Waals surface area contributed by atoms with Crippen molar-refractivity contribution in [3.8, 4) is 0 Å². The fraction of sp³-hybridized carbons (Fsp3) is 0.500. The Labute approximate surface area is 119 Å². The first-order valence-electron chi connectivity index (χ1n) is 6.42. The zero-order valence-corrected chi connectivity index (χ0v) is 12.1. The van der Waals surface area contributed by atoms with E-state index >= 15 is 0 Å². The van der Waals surface area contributed by atoms with Gasteiger partial charge in [0.2, 0.25) is 0 Å². The summed E-state index contributed by atoms with van der Waals surface area (Å²) in [5.41, 5.74) is 0.671. The Morgan fingerprint density at radius 3 is 2.63 bits per heavy atom. The Morgan fingerprint density at radius 2 is 2.00 bits per heavy atom. The lowest BCUT2D eigenvalue weighted by Gasteiger charge is -2.52. The summed E-state index contributed by atoms with van der Waals surface area (Å²) >= 11 is 3.09. The molecule has 0 aliphatic carbocycles. The number of likely N-dealkylation sites (tertiary alicyclic amines) is 1. The quantitative estimate of drug-likeness (QED) is 0.793. The molecule has 1 aromatic rings. The van der Waals surface area contributed by atoms with Gasteiger partial charge in [0.05, 0.1) is 4.47 Å². The molecule has 2 saturated heterocycles. The van der Waals surface area contributed by atoms with E-state index in [4.69, 9.17) is 4.74 Å². The van der Waals surface area contributed by atoms with Gasteiger partial charge in [-0.1, -0.05) is 0 Å². The van der Waals surface area contributed by atoms with Crippen LogP contribution in [-0.2, 0) is 4.74 Å². The van der Waals surface area contributed by atoms with Crippen LogP contribution < -0.4 is 0 Å². The van der Waals surface area contributed by atoms with Gasteiger partial charge in [-0.3, -0.25) is 4.79 Å². The predicted molar refractivity (Wildman–Crippen MR) is 72.5 cm³/mol. The molecule has 2 fully saturated rings. The maximum Gasteiger partial charge on any atom is 0.253 e. The highest BCUT2D eigenvalue weighted by molar-refractivity contribution is 9.10. The highest BCUT2D eigenvalue weighted by Crippen LogP contribution is 2.40. The van der Waals surface area contributed by atoms with Gasteiger partial charge >= 0.3 is 0 Å². The maximum absolute atomic E-state index is 13.4. The molecule has 2 aliphatic rings. The summed E-state index contributed by atoms with van der Waals surface area (Å²) in [6.45, 7) is 3.11. The smallest absolute Gasteiger partial charge is 0.253 e. The number of rotatable bonds is 1. The molecular weight excluding hydrogens is 313 g/mol. The van der Waals surface area contributed by atoms with Gasteiger partial charge in [0.25, 0.3) is 5.91 Å². The van der Waals surface area contributed by atoms with Gasteiger partial charge in [0, 0.05) is 37.3 Å². The molecule has 1 aromatic carbocycles. The van der Waals surface area contributed by atoms with Crippen molar-refractivity contribution in [2.24, 2.45) is 5.41 Å². The highest BCUT2D eigenvalue weighted by atomic mass is 79.9. The van der Waals surface area contributed by atoms with Crippen LogP contribution in [-0.4, -0.2) is 37.1 Å². The van der Waals surface area contributed by atoms with Crippen molar-refractivity contribution >= 4 is 21.8 Å². The van der Waals surface area contributed by atoms with Crippen LogP contribution in [0.1, 0.15) is 23.2 Å². The van der Waals surface area contributed by atoms with Gasteiger partial charge in [0.1, 0.15) is 5.82 Å². The van der Waals surface area contributed by atoms with Crippen LogP contribution in [0.2, 0.25) is 0 Å². The molecule has 3 rings (SSSR count). The summed E-state index contributed by atoms with van der Waals surface area (Å²) in [6, 6.07) is 4.53. The molecule has 0 radical (unpaired) electrons. The molecule has 0 aromatic heterocycles.